The second-order valence-corrected chi connectivity index (χ2v) is 7.25. The number of ether oxygens (including phenoxy) is 1. The van der Waals surface area contributed by atoms with Gasteiger partial charge < -0.3 is 9.64 Å². The number of hydrogen-bond donors (Lipinski definition) is 0. The van der Waals surface area contributed by atoms with Gasteiger partial charge in [-0.05, 0) is 31.6 Å². The van der Waals surface area contributed by atoms with Gasteiger partial charge in [-0.2, -0.15) is 0 Å². The highest BCUT2D eigenvalue weighted by Crippen LogP contribution is 2.30. The molecule has 2 fully saturated rings. The minimum Gasteiger partial charge on any atom is -0.465 e. The third-order valence-corrected chi connectivity index (χ3v) is 5.58. The molecule has 2 heterocycles. The van der Waals surface area contributed by atoms with Crippen LogP contribution in [0.15, 0.2) is 12.3 Å². The predicted octanol–water partition coefficient (Wildman–Crippen LogP) is 2.48. The molecule has 1 saturated heterocycles. The number of methoxy groups -OCH3 is 1. The average Bonchev–Trinajstić information content (AvgIpc) is 2.67. The van der Waals surface area contributed by atoms with Gasteiger partial charge in [0.1, 0.15) is 0 Å². The van der Waals surface area contributed by atoms with Gasteiger partial charge in [0.25, 0.3) is 0 Å². The van der Waals surface area contributed by atoms with Gasteiger partial charge in [0, 0.05) is 44.5 Å². The van der Waals surface area contributed by atoms with Crippen molar-refractivity contribution in [3.8, 4) is 0 Å². The highest BCUT2D eigenvalue weighted by molar-refractivity contribution is 5.90. The number of nitrogens with zero attached hydrogens (tertiary/aromatic N) is 4. The lowest BCUT2D eigenvalue weighted by Gasteiger charge is -2.41. The predicted molar refractivity (Wildman–Crippen MR) is 97.4 cm³/mol. The van der Waals surface area contributed by atoms with Crippen molar-refractivity contribution in [3.05, 3.63) is 27.9 Å². The zero-order valence-electron chi connectivity index (χ0n) is 15.4. The van der Waals surface area contributed by atoms with Crippen molar-refractivity contribution >= 4 is 17.5 Å². The van der Waals surface area contributed by atoms with Crippen LogP contribution in [0.4, 0.5) is 11.5 Å². The normalized spacial score (nSPS) is 24.3. The Kier molecular flexibility index (Phi) is 5.70. The molecule has 0 atom stereocenters. The molecule has 1 aromatic rings. The van der Waals surface area contributed by atoms with Crippen LogP contribution in [0.25, 0.3) is 0 Å². The third kappa shape index (κ3) is 3.95. The first kappa shape index (κ1) is 18.6. The van der Waals surface area contributed by atoms with Crippen molar-refractivity contribution in [3.63, 3.8) is 0 Å². The summed E-state index contributed by atoms with van der Waals surface area (Å²) < 4.78 is 4.62. The minimum atomic E-state index is -0.622. The Labute approximate surface area is 153 Å². The van der Waals surface area contributed by atoms with E-state index in [1.165, 1.54) is 45.1 Å². The molecule has 0 unspecified atom stereocenters. The van der Waals surface area contributed by atoms with Gasteiger partial charge in [-0.3, -0.25) is 15.0 Å². The summed E-state index contributed by atoms with van der Waals surface area (Å²) in [5.41, 5.74) is -0.0502. The second-order valence-electron chi connectivity index (χ2n) is 7.25. The Morgan fingerprint density at radius 1 is 1.23 bits per heavy atom. The zero-order chi connectivity index (χ0) is 18.7. The first-order valence-corrected chi connectivity index (χ1v) is 9.21. The van der Waals surface area contributed by atoms with E-state index in [2.05, 4.69) is 21.5 Å². The summed E-state index contributed by atoms with van der Waals surface area (Å²) in [5.74, 6) is 0.538. The van der Waals surface area contributed by atoms with Gasteiger partial charge in [-0.1, -0.05) is 6.92 Å². The van der Waals surface area contributed by atoms with Crippen LogP contribution in [0.5, 0.6) is 0 Å². The van der Waals surface area contributed by atoms with E-state index in [-0.39, 0.29) is 11.3 Å². The monoisotopic (exact) mass is 362 g/mol. The van der Waals surface area contributed by atoms with Crippen LogP contribution in [-0.2, 0) is 4.74 Å². The second kappa shape index (κ2) is 7.99. The van der Waals surface area contributed by atoms with E-state index in [0.29, 0.717) is 24.9 Å². The fourth-order valence-electron chi connectivity index (χ4n) is 3.96. The van der Waals surface area contributed by atoms with Crippen LogP contribution in [0, 0.1) is 16.0 Å². The summed E-state index contributed by atoms with van der Waals surface area (Å²) in [7, 11) is 1.24. The molecule has 8 heteroatoms. The van der Waals surface area contributed by atoms with E-state index in [0.717, 1.165) is 19.0 Å². The maximum absolute atomic E-state index is 11.6. The minimum absolute atomic E-state index is 0.0953. The molecule has 0 N–H and O–H groups in total. The zero-order valence-corrected chi connectivity index (χ0v) is 15.4. The molecule has 0 amide bonds. The number of pyridine rings is 1. The number of aromatic nitrogens is 1. The van der Waals surface area contributed by atoms with E-state index in [4.69, 9.17) is 0 Å². The van der Waals surface area contributed by atoms with Gasteiger partial charge in [-0.15, -0.1) is 0 Å². The smallest absolute Gasteiger partial charge is 0.339 e. The lowest BCUT2D eigenvalue weighted by atomic mass is 9.86. The van der Waals surface area contributed by atoms with Crippen molar-refractivity contribution < 1.29 is 14.5 Å². The number of nitro groups is 1. The van der Waals surface area contributed by atoms with E-state index < -0.39 is 10.9 Å². The largest absolute Gasteiger partial charge is 0.465 e. The molecule has 142 valence electrons. The number of esters is 1. The van der Waals surface area contributed by atoms with Crippen molar-refractivity contribution in [1.82, 2.24) is 9.88 Å². The van der Waals surface area contributed by atoms with Crippen molar-refractivity contribution in [1.29, 1.82) is 0 Å². The number of piperazine rings is 1. The molecule has 2 aliphatic rings. The quantitative estimate of drug-likeness (QED) is 0.462. The summed E-state index contributed by atoms with van der Waals surface area (Å²) in [5, 5.41) is 11.4. The first-order chi connectivity index (χ1) is 12.5. The van der Waals surface area contributed by atoms with Crippen LogP contribution < -0.4 is 4.90 Å². The molecular formula is C18H26N4O4. The van der Waals surface area contributed by atoms with E-state index in [1.807, 2.05) is 4.90 Å². The van der Waals surface area contributed by atoms with Crippen molar-refractivity contribution in [2.24, 2.45) is 5.92 Å². The summed E-state index contributed by atoms with van der Waals surface area (Å²) >= 11 is 0. The summed E-state index contributed by atoms with van der Waals surface area (Å²) in [4.78, 5) is 31.2. The Bertz CT molecular complexity index is 665. The summed E-state index contributed by atoms with van der Waals surface area (Å²) in [6.07, 6.45) is 6.41. The lowest BCUT2D eigenvalue weighted by molar-refractivity contribution is -0.384. The SMILES string of the molecule is COC(=O)c1cnc(N2CCN(C3CCC(C)CC3)CC2)c([N+](=O)[O-])c1. The maximum Gasteiger partial charge on any atom is 0.339 e. The maximum atomic E-state index is 11.6. The average molecular weight is 362 g/mol. The third-order valence-electron chi connectivity index (χ3n) is 5.58. The van der Waals surface area contributed by atoms with E-state index in [9.17, 15) is 14.9 Å². The number of carbonyl (C=O) groups excluding carboxylic acids is 1. The Hall–Kier alpha value is -2.22. The standard InChI is InChI=1S/C18H26N4O4/c1-13-3-5-15(6-4-13)20-7-9-21(10-8-20)17-16(22(24)25)11-14(12-19-17)18(23)26-2/h11-13,15H,3-10H2,1-2H3. The molecular weight excluding hydrogens is 336 g/mol. The molecule has 1 aliphatic carbocycles. The Balaban J connectivity index is 1.69. The molecule has 0 bridgehead atoms. The van der Waals surface area contributed by atoms with Crippen LogP contribution >= 0.6 is 0 Å². The highest BCUT2D eigenvalue weighted by atomic mass is 16.6. The number of rotatable bonds is 4. The molecule has 1 aliphatic heterocycles. The van der Waals surface area contributed by atoms with Gasteiger partial charge in [-0.25, -0.2) is 9.78 Å². The molecule has 1 saturated carbocycles. The fourth-order valence-corrected chi connectivity index (χ4v) is 3.96. The fraction of sp³-hybridized carbons (Fsp3) is 0.667. The van der Waals surface area contributed by atoms with E-state index >= 15 is 0 Å². The first-order valence-electron chi connectivity index (χ1n) is 9.21. The van der Waals surface area contributed by atoms with Gasteiger partial charge in [0.05, 0.1) is 17.6 Å². The van der Waals surface area contributed by atoms with Crippen molar-refractivity contribution in [2.75, 3.05) is 38.2 Å². The number of hydrogen-bond acceptors (Lipinski definition) is 7. The topological polar surface area (TPSA) is 88.8 Å². The molecule has 26 heavy (non-hydrogen) atoms. The summed E-state index contributed by atoms with van der Waals surface area (Å²) in [6.45, 7) is 5.50. The molecule has 0 spiro atoms. The molecule has 3 rings (SSSR count). The molecule has 1 aromatic heterocycles. The number of anilines is 1. The van der Waals surface area contributed by atoms with Gasteiger partial charge in [0.15, 0.2) is 0 Å². The Morgan fingerprint density at radius 2 is 1.88 bits per heavy atom. The van der Waals surface area contributed by atoms with Gasteiger partial charge >= 0.3 is 11.7 Å². The van der Waals surface area contributed by atoms with Crippen LogP contribution in [0.1, 0.15) is 43.0 Å². The van der Waals surface area contributed by atoms with Crippen LogP contribution in [-0.4, -0.2) is 60.1 Å². The Morgan fingerprint density at radius 3 is 2.46 bits per heavy atom. The van der Waals surface area contributed by atoms with Gasteiger partial charge in [0.2, 0.25) is 5.82 Å². The molecule has 0 aromatic carbocycles. The lowest BCUT2D eigenvalue weighted by Crippen LogP contribution is -2.51. The summed E-state index contributed by atoms with van der Waals surface area (Å²) in [6, 6.07) is 1.89. The highest BCUT2D eigenvalue weighted by Gasteiger charge is 2.30. The van der Waals surface area contributed by atoms with E-state index in [1.54, 1.807) is 0 Å². The van der Waals surface area contributed by atoms with Crippen LogP contribution in [0.3, 0.4) is 0 Å². The molecule has 0 radical (unpaired) electrons. The van der Waals surface area contributed by atoms with Crippen molar-refractivity contribution in [2.45, 2.75) is 38.6 Å². The molecule has 8 nitrogen and oxygen atoms in total. The number of carbonyl (C=O) groups is 1. The van der Waals surface area contributed by atoms with Crippen LogP contribution in [0.2, 0.25) is 0 Å².